The van der Waals surface area contributed by atoms with E-state index in [1.807, 2.05) is 87.6 Å². The number of nitrogens with zero attached hydrogens (tertiary/aromatic N) is 3. The number of methoxy groups -OCH3 is 2. The predicted octanol–water partition coefficient (Wildman–Crippen LogP) is 8.20. The topological polar surface area (TPSA) is 197 Å². The van der Waals surface area contributed by atoms with Crippen LogP contribution in [0.25, 0.3) is 0 Å². The Hall–Kier alpha value is -6.29. The number of hydrogen-bond donors (Lipinski definition) is 2. The molecule has 2 unspecified atom stereocenters. The number of thioether (sulfide) groups is 1. The van der Waals surface area contributed by atoms with E-state index in [4.69, 9.17) is 42.0 Å². The number of hydrogen-bond acceptors (Lipinski definition) is 18. The summed E-state index contributed by atoms with van der Waals surface area (Å²) in [5.74, 6) is 0.690. The zero-order valence-corrected chi connectivity index (χ0v) is 42.9. The van der Waals surface area contributed by atoms with E-state index in [0.717, 1.165) is 22.3 Å². The zero-order chi connectivity index (χ0) is 50.9. The molecule has 2 saturated heterocycles. The second-order valence-electron chi connectivity index (χ2n) is 19.1. The molecule has 5 aromatic carbocycles. The third-order valence-electron chi connectivity index (χ3n) is 15.1. The van der Waals surface area contributed by atoms with Crippen molar-refractivity contribution in [2.45, 2.75) is 87.8 Å². The van der Waals surface area contributed by atoms with Gasteiger partial charge in [0.05, 0.1) is 50.8 Å². The third-order valence-corrected chi connectivity index (χ3v) is 17.9. The number of nitrogens with one attached hydrogen (secondary N) is 1. The molecule has 0 saturated carbocycles. The maximum absolute atomic E-state index is 15.4. The number of phosphoric acid groups is 1. The summed E-state index contributed by atoms with van der Waals surface area (Å²) in [6.45, 7) is 4.92. The van der Waals surface area contributed by atoms with E-state index < -0.39 is 54.7 Å². The molecule has 2 fully saturated rings. The van der Waals surface area contributed by atoms with Gasteiger partial charge < -0.3 is 38.1 Å². The first-order chi connectivity index (χ1) is 35.3. The number of phosphoric ester groups is 1. The molecule has 17 nitrogen and oxygen atoms in total. The molecule has 7 aliphatic rings. The first-order valence-corrected chi connectivity index (χ1v) is 26.6. The molecule has 0 radical (unpaired) electrons. The highest BCUT2D eigenvalue weighted by Crippen LogP contribution is 2.65. The van der Waals surface area contributed by atoms with E-state index in [-0.39, 0.29) is 55.7 Å². The monoisotopic (exact) mass is 1030 g/mol. The smallest absolute Gasteiger partial charge is 0.504 e. The molecule has 5 aromatic rings. The number of carbonyl (C=O) groups excluding carboxylic acids is 2. The summed E-state index contributed by atoms with van der Waals surface area (Å²) in [6, 6.07) is 23.6. The Kier molecular flexibility index (Phi) is 12.9. The van der Waals surface area contributed by atoms with Gasteiger partial charge in [0, 0.05) is 53.6 Å². The van der Waals surface area contributed by atoms with Crippen molar-refractivity contribution in [1.29, 1.82) is 5.26 Å². The number of fused-ring (bicyclic) bond motifs is 9. The summed E-state index contributed by atoms with van der Waals surface area (Å²) in [4.78, 5) is 32.9. The highest BCUT2D eigenvalue weighted by Gasteiger charge is 2.62. The van der Waals surface area contributed by atoms with E-state index >= 15 is 4.79 Å². The molecule has 1 spiro atoms. The van der Waals surface area contributed by atoms with E-state index in [2.05, 4.69) is 21.2 Å². The van der Waals surface area contributed by atoms with E-state index in [9.17, 15) is 19.7 Å². The van der Waals surface area contributed by atoms with E-state index in [1.165, 1.54) is 32.9 Å². The number of carbonyl (C=O) groups is 2. The van der Waals surface area contributed by atoms with Crippen LogP contribution in [0.2, 0.25) is 0 Å². The molecule has 0 amide bonds. The van der Waals surface area contributed by atoms with Crippen LogP contribution in [0.5, 0.6) is 40.2 Å². The van der Waals surface area contributed by atoms with Crippen molar-refractivity contribution in [3.05, 3.63) is 134 Å². The van der Waals surface area contributed by atoms with Crippen LogP contribution < -0.4 is 33.5 Å². The molecule has 7 atom stereocenters. The average Bonchev–Trinajstić information content (AvgIpc) is 3.88. The van der Waals surface area contributed by atoms with Crippen LogP contribution in [0.3, 0.4) is 0 Å². The lowest BCUT2D eigenvalue weighted by molar-refractivity contribution is -0.157. The number of benzene rings is 5. The molecule has 73 heavy (non-hydrogen) atoms. The standard InChI is InChI=1S/C54H55N4O13PS/c1-29-19-35-20-37-38(23-55)58-39-26-65-53(61)54(27-73-52(46(58)45(57(37)4)42(35)47(60)48(29)64-6)44-43(39)51-50(66-28-67-51)30(2)49(44)70-31(3)59)36-22-40(63-5)41(21-34(36)17-18-56-54)71-72(62,68-24-32-13-9-7-10-14-32)69-25-33-15-11-8-12-16-33/h7-16,19,21-22,37-39,45-46,52,56,60H,17-18,20,24-28H2,1-6H3/t37?,38-,39-,45-,46?,52+,54+/m0/s1. The van der Waals surface area contributed by atoms with E-state index in [0.29, 0.717) is 75.8 Å². The minimum atomic E-state index is -4.36. The normalized spacial score (nSPS) is 24.8. The van der Waals surface area contributed by atoms with Crippen LogP contribution in [0, 0.1) is 25.2 Å². The van der Waals surface area contributed by atoms with Gasteiger partial charge >= 0.3 is 19.8 Å². The second kappa shape index (κ2) is 19.2. The number of aromatic hydroxyl groups is 1. The lowest BCUT2D eigenvalue weighted by Crippen LogP contribution is -2.69. The Morgan fingerprint density at radius 3 is 2.27 bits per heavy atom. The first-order valence-electron chi connectivity index (χ1n) is 24.1. The summed E-state index contributed by atoms with van der Waals surface area (Å²) in [6.07, 6.45) is 0.893. The Balaban J connectivity index is 1.05. The molecule has 0 aromatic heterocycles. The number of piperazine rings is 1. The van der Waals surface area contributed by atoms with Crippen molar-refractivity contribution in [2.24, 2.45) is 0 Å². The predicted molar refractivity (Wildman–Crippen MR) is 267 cm³/mol. The Bertz CT molecular complexity index is 3070. The molecule has 12 rings (SSSR count). The number of esters is 2. The van der Waals surface area contributed by atoms with Crippen molar-refractivity contribution in [3.63, 3.8) is 0 Å². The fourth-order valence-electron chi connectivity index (χ4n) is 11.9. The molecular weight excluding hydrogens is 976 g/mol. The quantitative estimate of drug-likeness (QED) is 0.0729. The van der Waals surface area contributed by atoms with Gasteiger partial charge in [-0.25, -0.2) is 9.36 Å². The minimum absolute atomic E-state index is 0.0137. The molecule has 2 N–H and O–H groups in total. The van der Waals surface area contributed by atoms with E-state index in [1.54, 1.807) is 12.1 Å². The van der Waals surface area contributed by atoms with Crippen LogP contribution in [0.15, 0.2) is 78.9 Å². The molecule has 7 aliphatic heterocycles. The summed E-state index contributed by atoms with van der Waals surface area (Å²) < 4.78 is 70.1. The Morgan fingerprint density at radius 2 is 1.62 bits per heavy atom. The number of phenols is 1. The molecule has 7 heterocycles. The van der Waals surface area contributed by atoms with Crippen LogP contribution in [-0.2, 0) is 59.5 Å². The van der Waals surface area contributed by atoms with Gasteiger partial charge in [-0.05, 0) is 79.3 Å². The van der Waals surface area contributed by atoms with Crippen LogP contribution in [-0.4, -0.2) is 91.9 Å². The fraction of sp³-hybridized carbons (Fsp3) is 0.389. The molecular formula is C54H55N4O13PS. The maximum atomic E-state index is 15.4. The summed E-state index contributed by atoms with van der Waals surface area (Å²) in [7, 11) is 0.603. The largest absolute Gasteiger partial charge is 0.530 e. The van der Waals surface area contributed by atoms with Crippen molar-refractivity contribution >= 4 is 31.5 Å². The lowest BCUT2D eigenvalue weighted by Gasteiger charge is -2.62. The molecule has 380 valence electrons. The Labute approximate surface area is 427 Å². The summed E-state index contributed by atoms with van der Waals surface area (Å²) in [5, 5.41) is 26.5. The highest BCUT2D eigenvalue weighted by molar-refractivity contribution is 7.99. The maximum Gasteiger partial charge on any atom is 0.530 e. The Morgan fingerprint density at radius 1 is 0.918 bits per heavy atom. The number of rotatable bonds is 11. The van der Waals surface area contributed by atoms with Crippen molar-refractivity contribution in [3.8, 4) is 46.3 Å². The SMILES string of the molecule is COc1cc2c(cc1OP(=O)(OCc1ccccc1)OCc1ccccc1)CCN[C@]21CS[C@@H]2c3c(OC(C)=O)c(C)c4c(c3[C@H](COC1=O)N1C2[C@@H]2c3c(cc(C)c(OC)c3O)CC([C@@H]1C#N)N2C)OCO4. The van der Waals surface area contributed by atoms with Gasteiger partial charge in [0.1, 0.15) is 18.4 Å². The highest BCUT2D eigenvalue weighted by atomic mass is 32.2. The fourth-order valence-corrected chi connectivity index (χ4v) is 14.8. The van der Waals surface area contributed by atoms with Crippen LogP contribution >= 0.6 is 19.6 Å². The van der Waals surface area contributed by atoms with Crippen molar-refractivity contribution in [1.82, 2.24) is 15.1 Å². The van der Waals surface area contributed by atoms with Crippen LogP contribution in [0.4, 0.5) is 0 Å². The lowest BCUT2D eigenvalue weighted by atomic mass is 9.71. The number of nitriles is 1. The van der Waals surface area contributed by atoms with Crippen molar-refractivity contribution < 1.29 is 61.3 Å². The molecule has 4 bridgehead atoms. The minimum Gasteiger partial charge on any atom is -0.504 e. The van der Waals surface area contributed by atoms with Gasteiger partial charge in [-0.1, -0.05) is 66.7 Å². The average molecular weight is 1030 g/mol. The van der Waals surface area contributed by atoms with Gasteiger partial charge in [0.15, 0.2) is 40.0 Å². The second-order valence-corrected chi connectivity index (χ2v) is 21.8. The van der Waals surface area contributed by atoms with Gasteiger partial charge in [0.2, 0.25) is 6.79 Å². The number of phenolic OH excluding ortho intramolecular Hbond substituents is 1. The third kappa shape index (κ3) is 8.17. The van der Waals surface area contributed by atoms with Crippen LogP contribution in [0.1, 0.15) is 79.9 Å². The first kappa shape index (κ1) is 48.9. The van der Waals surface area contributed by atoms with Gasteiger partial charge in [-0.15, -0.1) is 11.8 Å². The summed E-state index contributed by atoms with van der Waals surface area (Å²) >= 11 is 1.45. The van der Waals surface area contributed by atoms with Gasteiger partial charge in [0.25, 0.3) is 0 Å². The number of likely N-dealkylation sites (N-methyl/N-ethyl adjacent to an activating group) is 1. The number of ether oxygens (including phenoxy) is 6. The molecule has 0 aliphatic carbocycles. The van der Waals surface area contributed by atoms with Gasteiger partial charge in [-0.2, -0.15) is 5.26 Å². The zero-order valence-electron chi connectivity index (χ0n) is 41.2. The molecule has 19 heteroatoms. The van der Waals surface area contributed by atoms with Crippen molar-refractivity contribution in [2.75, 3.05) is 47.0 Å². The number of aryl methyl sites for hydroxylation is 1. The summed E-state index contributed by atoms with van der Waals surface area (Å²) in [5.41, 5.74) is 5.41. The van der Waals surface area contributed by atoms with Gasteiger partial charge in [-0.3, -0.25) is 29.0 Å².